The van der Waals surface area contributed by atoms with E-state index >= 15 is 0 Å². The van der Waals surface area contributed by atoms with E-state index in [9.17, 15) is 4.79 Å². The van der Waals surface area contributed by atoms with Gasteiger partial charge in [-0.25, -0.2) is 4.98 Å². The fraction of sp³-hybridized carbons (Fsp3) is 0.231. The van der Waals surface area contributed by atoms with E-state index in [2.05, 4.69) is 10.3 Å². The summed E-state index contributed by atoms with van der Waals surface area (Å²) in [5.41, 5.74) is 1.80. The van der Waals surface area contributed by atoms with Gasteiger partial charge < -0.3 is 9.88 Å². The molecule has 0 aliphatic heterocycles. The number of carbonyl (C=O) groups excluding carboxylic acids is 1. The van der Waals surface area contributed by atoms with Crippen LogP contribution in [-0.2, 0) is 13.5 Å². The Kier molecular flexibility index (Phi) is 3.55. The Labute approximate surface area is 100 Å². The molecule has 0 fully saturated rings. The van der Waals surface area contributed by atoms with Crippen LogP contribution in [0.3, 0.4) is 0 Å². The number of rotatable bonds is 4. The average Bonchev–Trinajstić information content (AvgIpc) is 2.76. The van der Waals surface area contributed by atoms with E-state index in [0.717, 1.165) is 12.1 Å². The van der Waals surface area contributed by atoms with E-state index < -0.39 is 0 Å². The van der Waals surface area contributed by atoms with Gasteiger partial charge in [-0.1, -0.05) is 18.2 Å². The van der Waals surface area contributed by atoms with Crippen LogP contribution in [0.2, 0.25) is 0 Å². The number of carbonyl (C=O) groups is 1. The molecule has 2 aromatic rings. The van der Waals surface area contributed by atoms with Gasteiger partial charge in [0.15, 0.2) is 0 Å². The highest BCUT2D eigenvalue weighted by Crippen LogP contribution is 1.99. The van der Waals surface area contributed by atoms with Gasteiger partial charge in [-0.05, 0) is 12.1 Å². The van der Waals surface area contributed by atoms with E-state index in [4.69, 9.17) is 0 Å². The summed E-state index contributed by atoms with van der Waals surface area (Å²) < 4.78 is 1.95. The zero-order chi connectivity index (χ0) is 12.1. The third kappa shape index (κ3) is 2.93. The molecule has 2 rings (SSSR count). The van der Waals surface area contributed by atoms with Crippen molar-refractivity contribution in [2.24, 2.45) is 7.05 Å². The van der Waals surface area contributed by atoms with Gasteiger partial charge in [-0.2, -0.15) is 0 Å². The lowest BCUT2D eigenvalue weighted by Crippen LogP contribution is -2.26. The molecule has 0 aliphatic rings. The van der Waals surface area contributed by atoms with Crippen LogP contribution in [0, 0.1) is 0 Å². The van der Waals surface area contributed by atoms with Gasteiger partial charge in [0.05, 0.1) is 6.33 Å². The van der Waals surface area contributed by atoms with Crippen LogP contribution in [0.1, 0.15) is 16.1 Å². The van der Waals surface area contributed by atoms with Crippen LogP contribution in [0.4, 0.5) is 0 Å². The van der Waals surface area contributed by atoms with Crippen LogP contribution < -0.4 is 5.32 Å². The molecule has 0 aliphatic carbocycles. The Hall–Kier alpha value is -2.10. The zero-order valence-electron chi connectivity index (χ0n) is 9.76. The number of aryl methyl sites for hydroxylation is 1. The molecule has 4 heteroatoms. The molecule has 17 heavy (non-hydrogen) atoms. The van der Waals surface area contributed by atoms with Gasteiger partial charge >= 0.3 is 0 Å². The van der Waals surface area contributed by atoms with Crippen molar-refractivity contribution in [1.82, 2.24) is 14.9 Å². The van der Waals surface area contributed by atoms with Gasteiger partial charge in [0.2, 0.25) is 0 Å². The molecular weight excluding hydrogens is 214 g/mol. The molecule has 1 heterocycles. The van der Waals surface area contributed by atoms with Crippen LogP contribution in [0.25, 0.3) is 0 Å². The fourth-order valence-electron chi connectivity index (χ4n) is 1.62. The largest absolute Gasteiger partial charge is 0.352 e. The van der Waals surface area contributed by atoms with E-state index in [1.807, 2.05) is 36.0 Å². The minimum Gasteiger partial charge on any atom is -0.352 e. The Balaban J connectivity index is 1.84. The SMILES string of the molecule is Cn1cncc1CCNC(=O)c1ccccc1. The summed E-state index contributed by atoms with van der Waals surface area (Å²) in [6.07, 6.45) is 4.36. The molecule has 0 spiro atoms. The number of nitrogens with zero attached hydrogens (tertiary/aromatic N) is 2. The second-order valence-electron chi connectivity index (χ2n) is 3.87. The first-order valence-electron chi connectivity index (χ1n) is 5.56. The molecule has 0 unspecified atom stereocenters. The van der Waals surface area contributed by atoms with E-state index in [1.54, 1.807) is 18.5 Å². The van der Waals surface area contributed by atoms with E-state index in [-0.39, 0.29) is 5.91 Å². The predicted molar refractivity (Wildman–Crippen MR) is 65.7 cm³/mol. The first kappa shape index (κ1) is 11.4. The maximum atomic E-state index is 11.7. The maximum absolute atomic E-state index is 11.7. The Morgan fingerprint density at radius 3 is 2.76 bits per heavy atom. The molecule has 0 bridgehead atoms. The Morgan fingerprint density at radius 1 is 1.35 bits per heavy atom. The van der Waals surface area contributed by atoms with Crippen molar-refractivity contribution in [1.29, 1.82) is 0 Å². The number of hydrogen-bond donors (Lipinski definition) is 1. The maximum Gasteiger partial charge on any atom is 0.251 e. The summed E-state index contributed by atoms with van der Waals surface area (Å²) in [7, 11) is 1.95. The fourth-order valence-corrected chi connectivity index (χ4v) is 1.62. The third-order valence-corrected chi connectivity index (χ3v) is 2.62. The summed E-state index contributed by atoms with van der Waals surface area (Å²) in [6, 6.07) is 9.22. The summed E-state index contributed by atoms with van der Waals surface area (Å²) in [5, 5.41) is 2.88. The predicted octanol–water partition coefficient (Wildman–Crippen LogP) is 1.39. The number of aromatic nitrogens is 2. The van der Waals surface area contributed by atoms with Gasteiger partial charge in [0.1, 0.15) is 0 Å². The molecule has 1 aromatic heterocycles. The summed E-state index contributed by atoms with van der Waals surface area (Å²) >= 11 is 0. The van der Waals surface area contributed by atoms with Gasteiger partial charge in [0, 0.05) is 37.5 Å². The standard InChI is InChI=1S/C13H15N3O/c1-16-10-14-9-12(16)7-8-15-13(17)11-5-3-2-4-6-11/h2-6,9-10H,7-8H2,1H3,(H,15,17). The molecule has 0 atom stereocenters. The molecule has 1 aromatic carbocycles. The second-order valence-corrected chi connectivity index (χ2v) is 3.87. The van der Waals surface area contributed by atoms with Crippen LogP contribution in [0.5, 0.6) is 0 Å². The van der Waals surface area contributed by atoms with Crippen LogP contribution >= 0.6 is 0 Å². The minimum atomic E-state index is -0.0345. The highest BCUT2D eigenvalue weighted by atomic mass is 16.1. The van der Waals surface area contributed by atoms with Crippen molar-refractivity contribution in [3.05, 3.63) is 54.1 Å². The number of imidazole rings is 1. The quantitative estimate of drug-likeness (QED) is 0.861. The third-order valence-electron chi connectivity index (χ3n) is 2.62. The summed E-state index contributed by atoms with van der Waals surface area (Å²) in [6.45, 7) is 0.618. The topological polar surface area (TPSA) is 46.9 Å². The van der Waals surface area contributed by atoms with Crippen molar-refractivity contribution in [3.8, 4) is 0 Å². The number of amides is 1. The molecule has 0 saturated heterocycles. The van der Waals surface area contributed by atoms with Crippen molar-refractivity contribution in [3.63, 3.8) is 0 Å². The minimum absolute atomic E-state index is 0.0345. The molecule has 1 N–H and O–H groups in total. The first-order valence-corrected chi connectivity index (χ1v) is 5.56. The van der Waals surface area contributed by atoms with Gasteiger partial charge in [-0.15, -0.1) is 0 Å². The second kappa shape index (κ2) is 5.30. The van der Waals surface area contributed by atoms with E-state index in [0.29, 0.717) is 12.1 Å². The van der Waals surface area contributed by atoms with Gasteiger partial charge in [-0.3, -0.25) is 4.79 Å². The molecule has 4 nitrogen and oxygen atoms in total. The molecule has 0 saturated carbocycles. The van der Waals surface area contributed by atoms with Crippen molar-refractivity contribution in [2.45, 2.75) is 6.42 Å². The van der Waals surface area contributed by atoms with Gasteiger partial charge in [0.25, 0.3) is 5.91 Å². The molecule has 0 radical (unpaired) electrons. The lowest BCUT2D eigenvalue weighted by molar-refractivity contribution is 0.0954. The monoisotopic (exact) mass is 229 g/mol. The summed E-state index contributed by atoms with van der Waals surface area (Å²) in [4.78, 5) is 15.8. The van der Waals surface area contributed by atoms with Crippen molar-refractivity contribution < 1.29 is 4.79 Å². The Morgan fingerprint density at radius 2 is 2.12 bits per heavy atom. The molecular formula is C13H15N3O. The molecule has 1 amide bonds. The number of benzene rings is 1. The number of hydrogen-bond acceptors (Lipinski definition) is 2. The van der Waals surface area contributed by atoms with Crippen molar-refractivity contribution >= 4 is 5.91 Å². The zero-order valence-corrected chi connectivity index (χ0v) is 9.76. The van der Waals surface area contributed by atoms with E-state index in [1.165, 1.54) is 0 Å². The van der Waals surface area contributed by atoms with Crippen LogP contribution in [-0.4, -0.2) is 22.0 Å². The Bertz CT molecular complexity index is 490. The highest BCUT2D eigenvalue weighted by molar-refractivity contribution is 5.94. The molecule has 88 valence electrons. The van der Waals surface area contributed by atoms with Crippen LogP contribution in [0.15, 0.2) is 42.9 Å². The highest BCUT2D eigenvalue weighted by Gasteiger charge is 2.04. The lowest BCUT2D eigenvalue weighted by Gasteiger charge is -2.05. The average molecular weight is 229 g/mol. The smallest absolute Gasteiger partial charge is 0.251 e. The normalized spacial score (nSPS) is 10.2. The lowest BCUT2D eigenvalue weighted by atomic mass is 10.2. The number of nitrogens with one attached hydrogen (secondary N) is 1. The van der Waals surface area contributed by atoms with Crippen molar-refractivity contribution in [2.75, 3.05) is 6.54 Å². The summed E-state index contributed by atoms with van der Waals surface area (Å²) in [5.74, 6) is -0.0345. The first-order chi connectivity index (χ1) is 8.27.